The van der Waals surface area contributed by atoms with E-state index in [-0.39, 0.29) is 0 Å². The van der Waals surface area contributed by atoms with Crippen LogP contribution in [0, 0.1) is 0 Å². The summed E-state index contributed by atoms with van der Waals surface area (Å²) in [6.45, 7) is 2.19. The molecule has 3 rings (SSSR count). The number of rotatable bonds is 6. The van der Waals surface area contributed by atoms with E-state index in [9.17, 15) is 4.79 Å². The quantitative estimate of drug-likeness (QED) is 0.705. The van der Waals surface area contributed by atoms with E-state index >= 15 is 0 Å². The fourth-order valence-corrected chi connectivity index (χ4v) is 3.00. The van der Waals surface area contributed by atoms with E-state index in [1.54, 1.807) is 12.1 Å². The number of carbonyl (C=O) groups is 1. The predicted octanol–water partition coefficient (Wildman–Crippen LogP) is 4.87. The first-order valence-electron chi connectivity index (χ1n) is 8.36. The normalized spacial score (nSPS) is 10.9. The summed E-state index contributed by atoms with van der Waals surface area (Å²) in [7, 11) is 0. The van der Waals surface area contributed by atoms with Gasteiger partial charge in [-0.15, -0.1) is 0 Å². The maximum Gasteiger partial charge on any atom is 0.335 e. The molecule has 1 N–H and O–H groups in total. The Bertz CT molecular complexity index is 853. The zero-order chi connectivity index (χ0) is 16.9. The van der Waals surface area contributed by atoms with Crippen LogP contribution in [0.15, 0.2) is 54.7 Å². The van der Waals surface area contributed by atoms with E-state index in [4.69, 9.17) is 5.11 Å². The molecule has 3 aromatic rings. The summed E-state index contributed by atoms with van der Waals surface area (Å²) in [5.41, 5.74) is 5.04. The first-order chi connectivity index (χ1) is 11.7. The van der Waals surface area contributed by atoms with Gasteiger partial charge in [0, 0.05) is 11.6 Å². The first kappa shape index (κ1) is 16.2. The largest absolute Gasteiger partial charge is 0.478 e. The number of aromatic carboxylic acids is 1. The maximum atomic E-state index is 11.0. The second-order valence-electron chi connectivity index (χ2n) is 6.06. The average Bonchev–Trinajstić information content (AvgIpc) is 2.61. The van der Waals surface area contributed by atoms with Crippen LogP contribution in [0.2, 0.25) is 0 Å². The Morgan fingerprint density at radius 2 is 1.83 bits per heavy atom. The van der Waals surface area contributed by atoms with Crippen molar-refractivity contribution in [1.82, 2.24) is 4.98 Å². The van der Waals surface area contributed by atoms with Gasteiger partial charge in [0.1, 0.15) is 0 Å². The number of para-hydroxylation sites is 1. The molecule has 0 fully saturated rings. The number of hydrogen-bond acceptors (Lipinski definition) is 2. The highest BCUT2D eigenvalue weighted by Crippen LogP contribution is 2.25. The van der Waals surface area contributed by atoms with Crippen molar-refractivity contribution < 1.29 is 9.90 Å². The van der Waals surface area contributed by atoms with E-state index < -0.39 is 5.97 Å². The lowest BCUT2D eigenvalue weighted by molar-refractivity contribution is 0.0697. The summed E-state index contributed by atoms with van der Waals surface area (Å²) in [6, 6.07) is 15.4. The van der Waals surface area contributed by atoms with Gasteiger partial charge in [-0.1, -0.05) is 43.7 Å². The van der Waals surface area contributed by atoms with Crippen LogP contribution < -0.4 is 0 Å². The topological polar surface area (TPSA) is 50.2 Å². The third-order valence-electron chi connectivity index (χ3n) is 4.36. The lowest BCUT2D eigenvalue weighted by Gasteiger charge is -2.13. The van der Waals surface area contributed by atoms with Crippen molar-refractivity contribution >= 4 is 16.9 Å². The number of carboxylic acids is 1. The smallest absolute Gasteiger partial charge is 0.335 e. The minimum absolute atomic E-state index is 0.324. The molecule has 0 aliphatic heterocycles. The fraction of sp³-hybridized carbons (Fsp3) is 0.238. The number of aromatic nitrogens is 1. The summed E-state index contributed by atoms with van der Waals surface area (Å²) >= 11 is 0. The zero-order valence-electron chi connectivity index (χ0n) is 13.8. The van der Waals surface area contributed by atoms with E-state index in [1.165, 1.54) is 16.5 Å². The highest BCUT2D eigenvalue weighted by atomic mass is 16.4. The molecule has 24 heavy (non-hydrogen) atoms. The van der Waals surface area contributed by atoms with Crippen molar-refractivity contribution in [1.29, 1.82) is 0 Å². The predicted molar refractivity (Wildman–Crippen MR) is 96.6 cm³/mol. The lowest BCUT2D eigenvalue weighted by atomic mass is 9.94. The third kappa shape index (κ3) is 3.46. The van der Waals surface area contributed by atoms with Gasteiger partial charge >= 0.3 is 5.97 Å². The number of carboxylic acid groups (broad SMARTS) is 1. The Labute approximate surface area is 142 Å². The molecule has 0 bridgehead atoms. The van der Waals surface area contributed by atoms with Crippen LogP contribution in [-0.2, 0) is 12.8 Å². The van der Waals surface area contributed by atoms with Gasteiger partial charge in [0.05, 0.1) is 11.1 Å². The van der Waals surface area contributed by atoms with Gasteiger partial charge in [-0.2, -0.15) is 0 Å². The molecule has 122 valence electrons. The number of fused-ring (bicyclic) bond motifs is 1. The molecule has 0 aliphatic carbocycles. The Morgan fingerprint density at radius 1 is 1.08 bits per heavy atom. The standard InChI is InChI=1S/C21H21NO2/c1-2-3-6-17-14-22-20-8-5-4-7-18(20)19(17)13-15-9-11-16(12-10-15)21(23)24/h4-5,7-12,14H,2-3,6,13H2,1H3,(H,23,24). The molecule has 0 amide bonds. The van der Waals surface area contributed by atoms with Crippen molar-refractivity contribution in [2.45, 2.75) is 32.6 Å². The SMILES string of the molecule is CCCCc1cnc2ccccc2c1Cc1ccc(C(=O)O)cc1. The number of nitrogens with zero attached hydrogens (tertiary/aromatic N) is 1. The molecule has 2 aromatic carbocycles. The van der Waals surface area contributed by atoms with Gasteiger partial charge in [0.25, 0.3) is 0 Å². The molecule has 1 aromatic heterocycles. The van der Waals surface area contributed by atoms with Crippen LogP contribution in [0.5, 0.6) is 0 Å². The maximum absolute atomic E-state index is 11.0. The highest BCUT2D eigenvalue weighted by molar-refractivity contribution is 5.87. The van der Waals surface area contributed by atoms with Crippen molar-refractivity contribution in [2.24, 2.45) is 0 Å². The Kier molecular flexibility index (Phi) is 4.90. The second kappa shape index (κ2) is 7.26. The molecule has 0 atom stereocenters. The molecule has 3 nitrogen and oxygen atoms in total. The molecular formula is C21H21NO2. The number of benzene rings is 2. The Hall–Kier alpha value is -2.68. The molecule has 1 heterocycles. The Morgan fingerprint density at radius 3 is 2.54 bits per heavy atom. The fourth-order valence-electron chi connectivity index (χ4n) is 3.00. The summed E-state index contributed by atoms with van der Waals surface area (Å²) < 4.78 is 0. The van der Waals surface area contributed by atoms with Crippen LogP contribution in [0.1, 0.15) is 46.8 Å². The van der Waals surface area contributed by atoms with Gasteiger partial charge in [-0.3, -0.25) is 4.98 Å². The van der Waals surface area contributed by atoms with Crippen LogP contribution in [0.3, 0.4) is 0 Å². The second-order valence-corrected chi connectivity index (χ2v) is 6.06. The van der Waals surface area contributed by atoms with Gasteiger partial charge in [0.15, 0.2) is 0 Å². The van der Waals surface area contributed by atoms with Gasteiger partial charge in [-0.25, -0.2) is 4.79 Å². The van der Waals surface area contributed by atoms with E-state index in [0.717, 1.165) is 36.8 Å². The van der Waals surface area contributed by atoms with Crippen molar-refractivity contribution in [3.63, 3.8) is 0 Å². The first-order valence-corrected chi connectivity index (χ1v) is 8.36. The van der Waals surface area contributed by atoms with E-state index in [0.29, 0.717) is 5.56 Å². The number of unbranched alkanes of at least 4 members (excludes halogenated alkanes) is 1. The van der Waals surface area contributed by atoms with Crippen LogP contribution >= 0.6 is 0 Å². The number of hydrogen-bond donors (Lipinski definition) is 1. The number of pyridine rings is 1. The van der Waals surface area contributed by atoms with Crippen LogP contribution in [0.25, 0.3) is 10.9 Å². The average molecular weight is 319 g/mol. The molecule has 0 radical (unpaired) electrons. The number of aryl methyl sites for hydroxylation is 1. The van der Waals surface area contributed by atoms with Crippen molar-refractivity contribution in [3.05, 3.63) is 77.0 Å². The highest BCUT2D eigenvalue weighted by Gasteiger charge is 2.10. The lowest BCUT2D eigenvalue weighted by Crippen LogP contribution is -2.01. The third-order valence-corrected chi connectivity index (χ3v) is 4.36. The molecule has 0 aliphatic rings. The molecule has 3 heteroatoms. The monoisotopic (exact) mass is 319 g/mol. The molecule has 0 saturated carbocycles. The summed E-state index contributed by atoms with van der Waals surface area (Å²) in [5, 5.41) is 10.2. The Balaban J connectivity index is 2.00. The van der Waals surface area contributed by atoms with E-state index in [2.05, 4.69) is 18.0 Å². The van der Waals surface area contributed by atoms with Gasteiger partial charge < -0.3 is 5.11 Å². The minimum Gasteiger partial charge on any atom is -0.478 e. The van der Waals surface area contributed by atoms with E-state index in [1.807, 2.05) is 36.5 Å². The van der Waals surface area contributed by atoms with Crippen LogP contribution in [0.4, 0.5) is 0 Å². The summed E-state index contributed by atoms with van der Waals surface area (Å²) in [4.78, 5) is 15.6. The van der Waals surface area contributed by atoms with Gasteiger partial charge in [0.2, 0.25) is 0 Å². The summed E-state index contributed by atoms with van der Waals surface area (Å²) in [5.74, 6) is -0.889. The minimum atomic E-state index is -0.889. The molecular weight excluding hydrogens is 298 g/mol. The van der Waals surface area contributed by atoms with Crippen molar-refractivity contribution in [3.8, 4) is 0 Å². The van der Waals surface area contributed by atoms with Gasteiger partial charge in [-0.05, 0) is 54.2 Å². The zero-order valence-corrected chi connectivity index (χ0v) is 13.8. The van der Waals surface area contributed by atoms with Crippen LogP contribution in [-0.4, -0.2) is 16.1 Å². The molecule has 0 spiro atoms. The molecule has 0 saturated heterocycles. The summed E-state index contributed by atoms with van der Waals surface area (Å²) in [6.07, 6.45) is 6.11. The molecule has 0 unspecified atom stereocenters. The van der Waals surface area contributed by atoms with Crippen molar-refractivity contribution in [2.75, 3.05) is 0 Å².